The zero-order chi connectivity index (χ0) is 12.8. The second-order valence-corrected chi connectivity index (χ2v) is 6.61. The predicted molar refractivity (Wildman–Crippen MR) is 76.4 cm³/mol. The van der Waals surface area contributed by atoms with Gasteiger partial charge in [0.05, 0.1) is 10.9 Å². The van der Waals surface area contributed by atoms with Crippen molar-refractivity contribution in [1.29, 1.82) is 0 Å². The predicted octanol–water partition coefficient (Wildman–Crippen LogP) is 2.55. The molecule has 0 saturated carbocycles. The SMILES string of the molecule is CC1NCCn2c(-c3cc4c(s3)CCCC4)nnc21. The highest BCUT2D eigenvalue weighted by Crippen LogP contribution is 2.35. The Kier molecular flexibility index (Phi) is 2.70. The van der Waals surface area contributed by atoms with Gasteiger partial charge >= 0.3 is 0 Å². The number of nitrogens with one attached hydrogen (secondary N) is 1. The Bertz CT molecular complexity index is 589. The summed E-state index contributed by atoms with van der Waals surface area (Å²) in [6.45, 7) is 4.14. The molecule has 19 heavy (non-hydrogen) atoms. The fourth-order valence-corrected chi connectivity index (χ4v) is 4.37. The van der Waals surface area contributed by atoms with E-state index in [0.29, 0.717) is 6.04 Å². The van der Waals surface area contributed by atoms with Crippen LogP contribution >= 0.6 is 11.3 Å². The van der Waals surface area contributed by atoms with E-state index in [9.17, 15) is 0 Å². The van der Waals surface area contributed by atoms with Crippen LogP contribution in [0.1, 0.15) is 42.1 Å². The fourth-order valence-electron chi connectivity index (χ4n) is 3.12. The van der Waals surface area contributed by atoms with E-state index < -0.39 is 0 Å². The third kappa shape index (κ3) is 1.83. The zero-order valence-corrected chi connectivity index (χ0v) is 12.0. The molecule has 2 aromatic heterocycles. The van der Waals surface area contributed by atoms with E-state index in [2.05, 4.69) is 33.1 Å². The number of hydrogen-bond donors (Lipinski definition) is 1. The Balaban J connectivity index is 1.78. The lowest BCUT2D eigenvalue weighted by Gasteiger charge is -2.21. The molecule has 4 rings (SSSR count). The summed E-state index contributed by atoms with van der Waals surface area (Å²) < 4.78 is 2.29. The van der Waals surface area contributed by atoms with Crippen LogP contribution in [0.5, 0.6) is 0 Å². The molecule has 3 heterocycles. The molecule has 0 aromatic carbocycles. The molecule has 0 bridgehead atoms. The van der Waals surface area contributed by atoms with Crippen molar-refractivity contribution in [3.05, 3.63) is 22.3 Å². The first-order chi connectivity index (χ1) is 9.33. The van der Waals surface area contributed by atoms with Crippen LogP contribution in [-0.2, 0) is 19.4 Å². The average molecular weight is 274 g/mol. The maximum absolute atomic E-state index is 4.45. The third-order valence-corrected chi connectivity index (χ3v) is 5.40. The molecule has 1 unspecified atom stereocenters. The molecule has 1 aliphatic carbocycles. The lowest BCUT2D eigenvalue weighted by Crippen LogP contribution is -2.32. The normalized spacial score (nSPS) is 22.1. The molecule has 2 aromatic rings. The van der Waals surface area contributed by atoms with Gasteiger partial charge in [0.25, 0.3) is 0 Å². The van der Waals surface area contributed by atoms with Gasteiger partial charge in [0, 0.05) is 18.0 Å². The number of aromatic nitrogens is 3. The van der Waals surface area contributed by atoms with E-state index in [-0.39, 0.29) is 0 Å². The van der Waals surface area contributed by atoms with Crippen molar-refractivity contribution in [2.45, 2.75) is 45.2 Å². The molecule has 0 fully saturated rings. The van der Waals surface area contributed by atoms with E-state index >= 15 is 0 Å². The van der Waals surface area contributed by atoms with Crippen LogP contribution in [-0.4, -0.2) is 21.3 Å². The molecule has 2 aliphatic rings. The molecule has 1 atom stereocenters. The summed E-state index contributed by atoms with van der Waals surface area (Å²) in [7, 11) is 0. The van der Waals surface area contributed by atoms with Crippen LogP contribution in [0.2, 0.25) is 0 Å². The molecule has 0 radical (unpaired) electrons. The summed E-state index contributed by atoms with van der Waals surface area (Å²) in [5.41, 5.74) is 1.55. The van der Waals surface area contributed by atoms with Crippen LogP contribution in [0.15, 0.2) is 6.07 Å². The third-order valence-electron chi connectivity index (χ3n) is 4.17. The van der Waals surface area contributed by atoms with Gasteiger partial charge in [-0.15, -0.1) is 21.5 Å². The van der Waals surface area contributed by atoms with Crippen molar-refractivity contribution >= 4 is 11.3 Å². The van der Waals surface area contributed by atoms with Crippen molar-refractivity contribution in [3.8, 4) is 10.7 Å². The standard InChI is InChI=1S/C14H18N4S/c1-9-13-16-17-14(18(13)7-6-15-9)12-8-10-4-2-3-5-11(10)19-12/h8-9,15H,2-7H2,1H3. The molecule has 0 amide bonds. The van der Waals surface area contributed by atoms with Crippen molar-refractivity contribution in [2.75, 3.05) is 6.54 Å². The second-order valence-electron chi connectivity index (χ2n) is 5.48. The summed E-state index contributed by atoms with van der Waals surface area (Å²) in [5, 5.41) is 12.3. The topological polar surface area (TPSA) is 42.7 Å². The highest BCUT2D eigenvalue weighted by atomic mass is 32.1. The van der Waals surface area contributed by atoms with Gasteiger partial charge in [-0.2, -0.15) is 0 Å². The lowest BCUT2D eigenvalue weighted by molar-refractivity contribution is 0.439. The Morgan fingerprint density at radius 3 is 3.11 bits per heavy atom. The Morgan fingerprint density at radius 2 is 2.21 bits per heavy atom. The van der Waals surface area contributed by atoms with E-state index in [1.54, 1.807) is 10.4 Å². The van der Waals surface area contributed by atoms with Crippen LogP contribution in [0.4, 0.5) is 0 Å². The number of thiophene rings is 1. The fraction of sp³-hybridized carbons (Fsp3) is 0.571. The second kappa shape index (κ2) is 4.42. The minimum atomic E-state index is 0.310. The molecular formula is C14H18N4S. The van der Waals surface area contributed by atoms with E-state index in [1.165, 1.54) is 30.6 Å². The van der Waals surface area contributed by atoms with Gasteiger partial charge in [-0.1, -0.05) is 0 Å². The van der Waals surface area contributed by atoms with Gasteiger partial charge in [-0.3, -0.25) is 0 Å². The largest absolute Gasteiger partial charge is 0.308 e. The first kappa shape index (κ1) is 11.6. The first-order valence-corrected chi connectivity index (χ1v) is 7.93. The van der Waals surface area contributed by atoms with Crippen molar-refractivity contribution in [3.63, 3.8) is 0 Å². The van der Waals surface area contributed by atoms with Crippen molar-refractivity contribution in [1.82, 2.24) is 20.1 Å². The maximum Gasteiger partial charge on any atom is 0.174 e. The van der Waals surface area contributed by atoms with E-state index in [4.69, 9.17) is 0 Å². The van der Waals surface area contributed by atoms with E-state index in [0.717, 1.165) is 24.7 Å². The minimum Gasteiger partial charge on any atom is -0.308 e. The monoisotopic (exact) mass is 274 g/mol. The molecular weight excluding hydrogens is 256 g/mol. The lowest BCUT2D eigenvalue weighted by atomic mass is 9.99. The maximum atomic E-state index is 4.45. The number of fused-ring (bicyclic) bond motifs is 2. The molecule has 0 saturated heterocycles. The average Bonchev–Trinajstić information content (AvgIpc) is 3.02. The van der Waals surface area contributed by atoms with Crippen molar-refractivity contribution < 1.29 is 0 Å². The molecule has 1 N–H and O–H groups in total. The Hall–Kier alpha value is -1.20. The first-order valence-electron chi connectivity index (χ1n) is 7.11. The van der Waals surface area contributed by atoms with Gasteiger partial charge in [0.1, 0.15) is 5.82 Å². The number of rotatable bonds is 1. The van der Waals surface area contributed by atoms with Gasteiger partial charge in [0.15, 0.2) is 5.82 Å². The highest BCUT2D eigenvalue weighted by molar-refractivity contribution is 7.15. The minimum absolute atomic E-state index is 0.310. The van der Waals surface area contributed by atoms with Crippen LogP contribution in [0.25, 0.3) is 10.7 Å². The quantitative estimate of drug-likeness (QED) is 0.869. The molecule has 4 nitrogen and oxygen atoms in total. The van der Waals surface area contributed by atoms with Gasteiger partial charge in [-0.05, 0) is 44.2 Å². The van der Waals surface area contributed by atoms with Gasteiger partial charge < -0.3 is 9.88 Å². The van der Waals surface area contributed by atoms with Crippen LogP contribution in [0.3, 0.4) is 0 Å². The molecule has 100 valence electrons. The summed E-state index contributed by atoms with van der Waals surface area (Å²) in [6, 6.07) is 2.66. The number of aryl methyl sites for hydroxylation is 2. The Morgan fingerprint density at radius 1 is 1.32 bits per heavy atom. The summed E-state index contributed by atoms with van der Waals surface area (Å²) in [6.07, 6.45) is 5.16. The number of nitrogens with zero attached hydrogens (tertiary/aromatic N) is 3. The summed E-state index contributed by atoms with van der Waals surface area (Å²) in [5.74, 6) is 2.15. The number of hydrogen-bond acceptors (Lipinski definition) is 4. The molecule has 5 heteroatoms. The van der Waals surface area contributed by atoms with Crippen LogP contribution < -0.4 is 5.32 Å². The van der Waals surface area contributed by atoms with E-state index in [1.807, 2.05) is 11.3 Å². The summed E-state index contributed by atoms with van der Waals surface area (Å²) >= 11 is 1.92. The molecule has 0 spiro atoms. The highest BCUT2D eigenvalue weighted by Gasteiger charge is 2.24. The van der Waals surface area contributed by atoms with Gasteiger partial charge in [-0.25, -0.2) is 0 Å². The Labute approximate surface area is 116 Å². The summed E-state index contributed by atoms with van der Waals surface area (Å²) in [4.78, 5) is 2.88. The van der Waals surface area contributed by atoms with Crippen molar-refractivity contribution in [2.24, 2.45) is 0 Å². The molecule has 1 aliphatic heterocycles. The van der Waals surface area contributed by atoms with Crippen LogP contribution in [0, 0.1) is 0 Å². The zero-order valence-electron chi connectivity index (χ0n) is 11.1. The van der Waals surface area contributed by atoms with Gasteiger partial charge in [0.2, 0.25) is 0 Å². The smallest absolute Gasteiger partial charge is 0.174 e.